The molecule has 0 saturated carbocycles. The van der Waals surface area contributed by atoms with Crippen molar-refractivity contribution >= 4 is 17.4 Å². The van der Waals surface area contributed by atoms with E-state index in [1.54, 1.807) is 29.7 Å². The Morgan fingerprint density at radius 3 is 2.56 bits per heavy atom. The summed E-state index contributed by atoms with van der Waals surface area (Å²) in [5.41, 5.74) is 3.82. The number of ketones is 1. The number of carbonyl (C=O) groups is 2. The van der Waals surface area contributed by atoms with E-state index in [1.165, 1.54) is 4.68 Å². The maximum absolute atomic E-state index is 13.4. The maximum Gasteiger partial charge on any atom is 0.261 e. The second kappa shape index (κ2) is 8.42. The SMILES string of the molecule is Cc1cc(-c2cncc(CC(=O)C(C)(C)C)c2)nc2c1C(=O)N(c1cnn(CCF)c1)C2(C)C. The second-order valence-corrected chi connectivity index (χ2v) is 10.3. The number of Topliss-reactive ketones (excluding diaryl/α,β-unsaturated/α-hetero) is 1. The monoisotopic (exact) mass is 463 g/mol. The van der Waals surface area contributed by atoms with Crippen molar-refractivity contribution in [2.75, 3.05) is 11.6 Å². The number of anilines is 1. The first kappa shape index (κ1) is 23.7. The normalized spacial score (nSPS) is 15.0. The number of aromatic nitrogens is 4. The van der Waals surface area contributed by atoms with E-state index in [4.69, 9.17) is 4.98 Å². The molecule has 0 atom stereocenters. The minimum absolute atomic E-state index is 0.137. The largest absolute Gasteiger partial charge is 0.299 e. The van der Waals surface area contributed by atoms with E-state index in [2.05, 4.69) is 10.1 Å². The van der Waals surface area contributed by atoms with Crippen molar-refractivity contribution < 1.29 is 14.0 Å². The Morgan fingerprint density at radius 1 is 1.15 bits per heavy atom. The van der Waals surface area contributed by atoms with Crippen LogP contribution in [0.3, 0.4) is 0 Å². The average Bonchev–Trinajstić information content (AvgIpc) is 3.27. The topological polar surface area (TPSA) is 81.0 Å². The molecular formula is C26H30FN5O2. The number of amides is 1. The van der Waals surface area contributed by atoms with Crippen LogP contribution in [-0.4, -0.2) is 38.1 Å². The number of nitrogens with zero attached hydrogens (tertiary/aromatic N) is 5. The summed E-state index contributed by atoms with van der Waals surface area (Å²) in [5, 5.41) is 4.18. The van der Waals surface area contributed by atoms with Crippen molar-refractivity contribution in [3.05, 3.63) is 59.3 Å². The predicted molar refractivity (Wildman–Crippen MR) is 128 cm³/mol. The molecule has 8 heteroatoms. The van der Waals surface area contributed by atoms with E-state index >= 15 is 0 Å². The minimum Gasteiger partial charge on any atom is -0.299 e. The van der Waals surface area contributed by atoms with E-state index in [-0.39, 0.29) is 18.2 Å². The van der Waals surface area contributed by atoms with Gasteiger partial charge in [-0.05, 0) is 44.0 Å². The number of hydrogen-bond donors (Lipinski definition) is 0. The van der Waals surface area contributed by atoms with Crippen LogP contribution >= 0.6 is 0 Å². The van der Waals surface area contributed by atoms with Crippen LogP contribution in [0.2, 0.25) is 0 Å². The standard InChI is InChI=1S/C26H30FN5O2/c1-16-9-20(18-10-17(12-28-13-18)11-21(33)25(2,3)4)30-23-22(16)24(34)32(26(23,5)6)19-14-29-31(15-19)8-7-27/h9-10,12-15H,7-8,11H2,1-6H3. The Bertz CT molecular complexity index is 1270. The summed E-state index contributed by atoms with van der Waals surface area (Å²) in [4.78, 5) is 36.9. The molecule has 34 heavy (non-hydrogen) atoms. The van der Waals surface area contributed by atoms with Gasteiger partial charge in [-0.1, -0.05) is 20.8 Å². The van der Waals surface area contributed by atoms with E-state index in [0.29, 0.717) is 29.1 Å². The molecule has 4 heterocycles. The van der Waals surface area contributed by atoms with Gasteiger partial charge in [0.05, 0.1) is 40.9 Å². The number of rotatable bonds is 6. The van der Waals surface area contributed by atoms with Crippen LogP contribution in [0.1, 0.15) is 61.8 Å². The lowest BCUT2D eigenvalue weighted by molar-refractivity contribution is -0.125. The molecule has 0 unspecified atom stereocenters. The average molecular weight is 464 g/mol. The van der Waals surface area contributed by atoms with Crippen molar-refractivity contribution in [2.45, 2.75) is 60.0 Å². The van der Waals surface area contributed by atoms with Gasteiger partial charge in [0.2, 0.25) is 0 Å². The first-order valence-corrected chi connectivity index (χ1v) is 11.4. The Kier molecular flexibility index (Phi) is 5.87. The van der Waals surface area contributed by atoms with Gasteiger partial charge in [0, 0.05) is 36.0 Å². The molecule has 0 saturated heterocycles. The van der Waals surface area contributed by atoms with E-state index < -0.39 is 17.6 Å². The summed E-state index contributed by atoms with van der Waals surface area (Å²) in [6.45, 7) is 11.1. The second-order valence-electron chi connectivity index (χ2n) is 10.3. The number of halogens is 1. The number of aryl methyl sites for hydroxylation is 2. The fraction of sp³-hybridized carbons (Fsp3) is 0.423. The lowest BCUT2D eigenvalue weighted by atomic mass is 9.87. The smallest absolute Gasteiger partial charge is 0.261 e. The highest BCUT2D eigenvalue weighted by atomic mass is 19.1. The van der Waals surface area contributed by atoms with Crippen LogP contribution in [0.5, 0.6) is 0 Å². The van der Waals surface area contributed by atoms with E-state index in [1.807, 2.05) is 53.7 Å². The molecule has 3 aromatic heterocycles. The lowest BCUT2D eigenvalue weighted by Gasteiger charge is -2.30. The van der Waals surface area contributed by atoms with Gasteiger partial charge in [0.1, 0.15) is 12.5 Å². The summed E-state index contributed by atoms with van der Waals surface area (Å²) in [5.74, 6) is -0.0146. The molecule has 1 amide bonds. The highest BCUT2D eigenvalue weighted by Crippen LogP contribution is 2.43. The molecule has 3 aromatic rings. The van der Waals surface area contributed by atoms with Gasteiger partial charge in [0.15, 0.2) is 0 Å². The fourth-order valence-corrected chi connectivity index (χ4v) is 4.30. The molecule has 0 bridgehead atoms. The third-order valence-electron chi connectivity index (χ3n) is 6.26. The zero-order chi connectivity index (χ0) is 24.8. The summed E-state index contributed by atoms with van der Waals surface area (Å²) in [6.07, 6.45) is 6.99. The quantitative estimate of drug-likeness (QED) is 0.531. The zero-order valence-corrected chi connectivity index (χ0v) is 20.5. The van der Waals surface area contributed by atoms with Gasteiger partial charge >= 0.3 is 0 Å². The Hall–Kier alpha value is -3.42. The van der Waals surface area contributed by atoms with Crippen molar-refractivity contribution in [1.82, 2.24) is 19.7 Å². The van der Waals surface area contributed by atoms with Gasteiger partial charge in [-0.15, -0.1) is 0 Å². The Morgan fingerprint density at radius 2 is 1.88 bits per heavy atom. The molecule has 4 rings (SSSR count). The van der Waals surface area contributed by atoms with Crippen LogP contribution in [-0.2, 0) is 23.3 Å². The molecule has 178 valence electrons. The highest BCUT2D eigenvalue weighted by Gasteiger charge is 2.47. The first-order chi connectivity index (χ1) is 15.9. The van der Waals surface area contributed by atoms with Gasteiger partial charge in [-0.2, -0.15) is 5.10 Å². The van der Waals surface area contributed by atoms with E-state index in [0.717, 1.165) is 16.7 Å². The van der Waals surface area contributed by atoms with Crippen molar-refractivity contribution in [2.24, 2.45) is 5.41 Å². The van der Waals surface area contributed by atoms with E-state index in [9.17, 15) is 14.0 Å². The maximum atomic E-state index is 13.4. The van der Waals surface area contributed by atoms with Crippen molar-refractivity contribution in [1.29, 1.82) is 0 Å². The summed E-state index contributed by atoms with van der Waals surface area (Å²) < 4.78 is 14.2. The third-order valence-corrected chi connectivity index (χ3v) is 6.26. The Balaban J connectivity index is 1.73. The highest BCUT2D eigenvalue weighted by molar-refractivity contribution is 6.12. The Labute approximate surface area is 199 Å². The third kappa shape index (κ3) is 4.13. The predicted octanol–water partition coefficient (Wildman–Crippen LogP) is 4.67. The molecule has 0 aromatic carbocycles. The molecule has 1 aliphatic heterocycles. The zero-order valence-electron chi connectivity index (χ0n) is 20.5. The molecule has 0 fully saturated rings. The van der Waals surface area contributed by atoms with Crippen LogP contribution in [0.15, 0.2) is 36.9 Å². The van der Waals surface area contributed by atoms with Crippen LogP contribution in [0.25, 0.3) is 11.3 Å². The van der Waals surface area contributed by atoms with Crippen LogP contribution in [0.4, 0.5) is 10.1 Å². The number of fused-ring (bicyclic) bond motifs is 1. The summed E-state index contributed by atoms with van der Waals surface area (Å²) in [6, 6.07) is 3.82. The number of alkyl halides is 1. The van der Waals surface area contributed by atoms with Crippen LogP contribution in [0, 0.1) is 12.3 Å². The first-order valence-electron chi connectivity index (χ1n) is 11.4. The molecule has 7 nitrogen and oxygen atoms in total. The minimum atomic E-state index is -0.732. The molecule has 0 aliphatic carbocycles. The molecule has 0 spiro atoms. The van der Waals surface area contributed by atoms with Crippen molar-refractivity contribution in [3.63, 3.8) is 0 Å². The summed E-state index contributed by atoms with van der Waals surface area (Å²) in [7, 11) is 0. The molecule has 0 N–H and O–H groups in total. The van der Waals surface area contributed by atoms with Gasteiger partial charge in [-0.25, -0.2) is 9.37 Å². The number of carbonyl (C=O) groups excluding carboxylic acids is 2. The molecular weight excluding hydrogens is 433 g/mol. The molecule has 0 radical (unpaired) electrons. The van der Waals surface area contributed by atoms with Crippen LogP contribution < -0.4 is 4.90 Å². The van der Waals surface area contributed by atoms with Gasteiger partial charge < -0.3 is 0 Å². The summed E-state index contributed by atoms with van der Waals surface area (Å²) >= 11 is 0. The number of hydrogen-bond acceptors (Lipinski definition) is 5. The van der Waals surface area contributed by atoms with Gasteiger partial charge in [0.25, 0.3) is 5.91 Å². The molecule has 1 aliphatic rings. The lowest BCUT2D eigenvalue weighted by Crippen LogP contribution is -2.39. The fourth-order valence-electron chi connectivity index (χ4n) is 4.30. The number of pyridine rings is 2. The van der Waals surface area contributed by atoms with Gasteiger partial charge in [-0.3, -0.25) is 24.2 Å². The van der Waals surface area contributed by atoms with Crippen molar-refractivity contribution in [3.8, 4) is 11.3 Å².